The minimum absolute atomic E-state index is 0.00594. The summed E-state index contributed by atoms with van der Waals surface area (Å²) < 4.78 is 10.4. The van der Waals surface area contributed by atoms with Crippen molar-refractivity contribution in [3.8, 4) is 0 Å². The third-order valence-corrected chi connectivity index (χ3v) is 2.69. The minimum Gasteiger partial charge on any atom is -0.382 e. The van der Waals surface area contributed by atoms with Crippen LogP contribution in [0.5, 0.6) is 0 Å². The fraction of sp³-hybridized carbons (Fsp3) is 0.692. The molecule has 2 N–H and O–H groups in total. The van der Waals surface area contributed by atoms with E-state index in [1.807, 2.05) is 13.1 Å². The van der Waals surface area contributed by atoms with Gasteiger partial charge in [-0.1, -0.05) is 6.92 Å². The summed E-state index contributed by atoms with van der Waals surface area (Å²) in [5, 5.41) is 6.44. The number of nitrogens with zero attached hydrogens (tertiary/aromatic N) is 2. The van der Waals surface area contributed by atoms with Gasteiger partial charge in [0.25, 0.3) is 0 Å². The van der Waals surface area contributed by atoms with Crippen LogP contribution in [0.25, 0.3) is 0 Å². The molecule has 1 unspecified atom stereocenters. The molecule has 0 saturated heterocycles. The second-order valence-electron chi connectivity index (χ2n) is 4.35. The van der Waals surface area contributed by atoms with Crippen molar-refractivity contribution in [1.29, 1.82) is 0 Å². The molecule has 1 aromatic heterocycles. The number of hydrogen-bond donors (Lipinski definition) is 2. The molecule has 0 amide bonds. The highest BCUT2D eigenvalue weighted by molar-refractivity contribution is 5.46. The number of ether oxygens (including phenoxy) is 2. The maximum absolute atomic E-state index is 5.30. The maximum atomic E-state index is 5.30. The van der Waals surface area contributed by atoms with Crippen LogP contribution in [0.2, 0.25) is 0 Å². The first-order valence-electron chi connectivity index (χ1n) is 6.54. The van der Waals surface area contributed by atoms with Gasteiger partial charge in [0.15, 0.2) is 0 Å². The van der Waals surface area contributed by atoms with E-state index in [0.717, 1.165) is 24.3 Å². The number of anilines is 2. The van der Waals surface area contributed by atoms with Gasteiger partial charge in [0.05, 0.1) is 12.7 Å². The van der Waals surface area contributed by atoms with Crippen molar-refractivity contribution in [2.75, 3.05) is 44.5 Å². The van der Waals surface area contributed by atoms with Crippen LogP contribution >= 0.6 is 0 Å². The molecule has 1 aromatic rings. The van der Waals surface area contributed by atoms with Crippen molar-refractivity contribution in [3.05, 3.63) is 11.8 Å². The average molecular weight is 268 g/mol. The summed E-state index contributed by atoms with van der Waals surface area (Å²) in [6.45, 7) is 6.15. The summed E-state index contributed by atoms with van der Waals surface area (Å²) in [4.78, 5) is 8.69. The molecule has 0 fully saturated rings. The van der Waals surface area contributed by atoms with Gasteiger partial charge in [0, 0.05) is 39.1 Å². The Morgan fingerprint density at radius 1 is 1.32 bits per heavy atom. The molecule has 1 rings (SSSR count). The molecule has 0 aliphatic rings. The number of nitrogens with one attached hydrogen (secondary N) is 2. The molecule has 0 aliphatic carbocycles. The number of methoxy groups -OCH3 is 2. The fourth-order valence-electron chi connectivity index (χ4n) is 1.55. The van der Waals surface area contributed by atoms with Gasteiger partial charge in [0.1, 0.15) is 5.82 Å². The zero-order chi connectivity index (χ0) is 14.1. The van der Waals surface area contributed by atoms with E-state index in [-0.39, 0.29) is 6.10 Å². The molecule has 0 saturated carbocycles. The van der Waals surface area contributed by atoms with Gasteiger partial charge in [0.2, 0.25) is 5.95 Å². The lowest BCUT2D eigenvalue weighted by atomic mass is 10.3. The smallest absolute Gasteiger partial charge is 0.224 e. The topological polar surface area (TPSA) is 68.3 Å². The average Bonchev–Trinajstić information content (AvgIpc) is 2.43. The Morgan fingerprint density at radius 2 is 2.11 bits per heavy atom. The Bertz CT molecular complexity index is 374. The van der Waals surface area contributed by atoms with Crippen molar-refractivity contribution in [1.82, 2.24) is 9.97 Å². The van der Waals surface area contributed by atoms with Gasteiger partial charge in [-0.05, 0) is 13.3 Å². The second-order valence-corrected chi connectivity index (χ2v) is 4.35. The number of aryl methyl sites for hydroxylation is 1. The lowest BCUT2D eigenvalue weighted by molar-refractivity contribution is 0.0365. The SMILES string of the molecule is CCCNc1ncc(C)c(NCC(COC)OC)n1. The quantitative estimate of drug-likeness (QED) is 0.710. The molecule has 19 heavy (non-hydrogen) atoms. The third kappa shape index (κ3) is 5.40. The molecular weight excluding hydrogens is 244 g/mol. The molecule has 1 heterocycles. The van der Waals surface area contributed by atoms with E-state index in [1.54, 1.807) is 14.2 Å². The summed E-state index contributed by atoms with van der Waals surface area (Å²) in [5.74, 6) is 1.47. The van der Waals surface area contributed by atoms with Crippen molar-refractivity contribution in [2.45, 2.75) is 26.4 Å². The van der Waals surface area contributed by atoms with Crippen LogP contribution in [0.15, 0.2) is 6.20 Å². The molecule has 0 spiro atoms. The van der Waals surface area contributed by atoms with Gasteiger partial charge in [-0.2, -0.15) is 4.98 Å². The van der Waals surface area contributed by atoms with Gasteiger partial charge >= 0.3 is 0 Å². The first-order chi connectivity index (χ1) is 9.21. The number of aromatic nitrogens is 2. The molecule has 6 heteroatoms. The van der Waals surface area contributed by atoms with Crippen molar-refractivity contribution in [3.63, 3.8) is 0 Å². The fourth-order valence-corrected chi connectivity index (χ4v) is 1.55. The predicted octanol–water partition coefficient (Wildman–Crippen LogP) is 1.68. The monoisotopic (exact) mass is 268 g/mol. The van der Waals surface area contributed by atoms with Gasteiger partial charge < -0.3 is 20.1 Å². The molecule has 1 atom stereocenters. The van der Waals surface area contributed by atoms with Gasteiger partial charge in [-0.3, -0.25) is 0 Å². The van der Waals surface area contributed by atoms with Gasteiger partial charge in [-0.25, -0.2) is 4.98 Å². The summed E-state index contributed by atoms with van der Waals surface area (Å²) in [6, 6.07) is 0. The van der Waals surface area contributed by atoms with Crippen molar-refractivity contribution >= 4 is 11.8 Å². The van der Waals surface area contributed by atoms with Crippen LogP contribution in [0.1, 0.15) is 18.9 Å². The van der Waals surface area contributed by atoms with E-state index in [2.05, 4.69) is 27.5 Å². The van der Waals surface area contributed by atoms with E-state index >= 15 is 0 Å². The standard InChI is InChI=1S/C13H24N4O2/c1-5-6-14-13-16-7-10(2)12(17-13)15-8-11(19-4)9-18-3/h7,11H,5-6,8-9H2,1-4H3,(H2,14,15,16,17). The highest BCUT2D eigenvalue weighted by Crippen LogP contribution is 2.12. The van der Waals surface area contributed by atoms with Crippen LogP contribution in [0.3, 0.4) is 0 Å². The van der Waals surface area contributed by atoms with E-state index < -0.39 is 0 Å². The highest BCUT2D eigenvalue weighted by atomic mass is 16.5. The Kier molecular flexibility index (Phi) is 7.14. The molecular formula is C13H24N4O2. The maximum Gasteiger partial charge on any atom is 0.224 e. The third-order valence-electron chi connectivity index (χ3n) is 2.69. The second kappa shape index (κ2) is 8.66. The molecule has 0 bridgehead atoms. The summed E-state index contributed by atoms with van der Waals surface area (Å²) in [6.07, 6.45) is 2.86. The largest absolute Gasteiger partial charge is 0.382 e. The zero-order valence-corrected chi connectivity index (χ0v) is 12.2. The first kappa shape index (κ1) is 15.7. The summed E-state index contributed by atoms with van der Waals surface area (Å²) in [7, 11) is 3.33. The molecule has 6 nitrogen and oxygen atoms in total. The van der Waals surface area contributed by atoms with Crippen LogP contribution in [-0.2, 0) is 9.47 Å². The van der Waals surface area contributed by atoms with Crippen LogP contribution in [0, 0.1) is 6.92 Å². The van der Waals surface area contributed by atoms with E-state index in [4.69, 9.17) is 9.47 Å². The van der Waals surface area contributed by atoms with E-state index in [1.165, 1.54) is 0 Å². The number of hydrogen-bond acceptors (Lipinski definition) is 6. The molecule has 108 valence electrons. The lowest BCUT2D eigenvalue weighted by Crippen LogP contribution is -2.27. The Hall–Kier alpha value is -1.40. The highest BCUT2D eigenvalue weighted by Gasteiger charge is 2.09. The number of rotatable bonds is 9. The molecule has 0 aromatic carbocycles. The summed E-state index contributed by atoms with van der Waals surface area (Å²) in [5.41, 5.74) is 1.01. The van der Waals surface area contributed by atoms with Crippen LogP contribution in [-0.4, -0.2) is 50.0 Å². The van der Waals surface area contributed by atoms with E-state index in [9.17, 15) is 0 Å². The van der Waals surface area contributed by atoms with Crippen LogP contribution < -0.4 is 10.6 Å². The Morgan fingerprint density at radius 3 is 2.74 bits per heavy atom. The van der Waals surface area contributed by atoms with Crippen molar-refractivity contribution in [2.24, 2.45) is 0 Å². The lowest BCUT2D eigenvalue weighted by Gasteiger charge is -2.16. The molecule has 0 aliphatic heterocycles. The Labute approximate surface area is 114 Å². The first-order valence-corrected chi connectivity index (χ1v) is 6.54. The van der Waals surface area contributed by atoms with E-state index in [0.29, 0.717) is 19.1 Å². The Balaban J connectivity index is 2.60. The summed E-state index contributed by atoms with van der Waals surface area (Å²) >= 11 is 0. The zero-order valence-electron chi connectivity index (χ0n) is 12.2. The minimum atomic E-state index is 0.00594. The predicted molar refractivity (Wildman–Crippen MR) is 76.7 cm³/mol. The van der Waals surface area contributed by atoms with Gasteiger partial charge in [-0.15, -0.1) is 0 Å². The molecule has 0 radical (unpaired) electrons. The van der Waals surface area contributed by atoms with Crippen molar-refractivity contribution < 1.29 is 9.47 Å². The van der Waals surface area contributed by atoms with Crippen LogP contribution in [0.4, 0.5) is 11.8 Å². The normalized spacial score (nSPS) is 12.2.